The van der Waals surface area contributed by atoms with Gasteiger partial charge in [-0.2, -0.15) is 13.2 Å². The quantitative estimate of drug-likeness (QED) is 0.514. The lowest BCUT2D eigenvalue weighted by molar-refractivity contribution is -0.137. The molecule has 3 aromatic rings. The number of hydrogen-bond donors (Lipinski definition) is 2. The molecular formula is C23H18F3N3O3S. The fourth-order valence-electron chi connectivity index (χ4n) is 3.47. The highest BCUT2D eigenvalue weighted by molar-refractivity contribution is 8.18. The molecule has 4 rings (SSSR count). The Hall–Kier alpha value is -3.53. The minimum Gasteiger partial charge on any atom is -0.361 e. The van der Waals surface area contributed by atoms with Gasteiger partial charge in [-0.3, -0.25) is 19.3 Å². The van der Waals surface area contributed by atoms with E-state index in [1.807, 2.05) is 30.5 Å². The number of amides is 3. The second kappa shape index (κ2) is 9.14. The van der Waals surface area contributed by atoms with E-state index in [1.165, 1.54) is 18.2 Å². The molecule has 1 aliphatic rings. The number of halogens is 3. The summed E-state index contributed by atoms with van der Waals surface area (Å²) in [5.74, 6) is -1.22. The number of para-hydroxylation sites is 1. The Morgan fingerprint density at radius 2 is 1.91 bits per heavy atom. The van der Waals surface area contributed by atoms with Crippen LogP contribution in [-0.2, 0) is 22.2 Å². The van der Waals surface area contributed by atoms with Crippen LogP contribution in [0.2, 0.25) is 0 Å². The van der Waals surface area contributed by atoms with Gasteiger partial charge >= 0.3 is 6.18 Å². The molecule has 2 heterocycles. The van der Waals surface area contributed by atoms with E-state index in [0.717, 1.165) is 33.5 Å². The molecule has 2 N–H and O–H groups in total. The summed E-state index contributed by atoms with van der Waals surface area (Å²) in [6, 6.07) is 12.2. The number of imide groups is 1. The molecule has 0 radical (unpaired) electrons. The van der Waals surface area contributed by atoms with Crippen LogP contribution in [0.25, 0.3) is 17.0 Å². The zero-order valence-electron chi connectivity index (χ0n) is 17.1. The molecule has 3 amide bonds. The molecule has 0 spiro atoms. The maximum Gasteiger partial charge on any atom is 0.416 e. The van der Waals surface area contributed by atoms with Crippen LogP contribution in [0.3, 0.4) is 0 Å². The summed E-state index contributed by atoms with van der Waals surface area (Å²) in [7, 11) is 0. The number of H-pyrrole nitrogens is 1. The van der Waals surface area contributed by atoms with Crippen LogP contribution >= 0.6 is 11.8 Å². The van der Waals surface area contributed by atoms with E-state index in [2.05, 4.69) is 10.3 Å². The molecule has 0 bridgehead atoms. The average Bonchev–Trinajstić information content (AvgIpc) is 3.30. The Morgan fingerprint density at radius 1 is 1.12 bits per heavy atom. The number of rotatable bonds is 6. The Kier molecular flexibility index (Phi) is 6.28. The zero-order chi connectivity index (χ0) is 23.6. The predicted molar refractivity (Wildman–Crippen MR) is 119 cm³/mol. The van der Waals surface area contributed by atoms with E-state index in [1.54, 1.807) is 0 Å². The van der Waals surface area contributed by atoms with Crippen LogP contribution in [0.4, 0.5) is 18.0 Å². The van der Waals surface area contributed by atoms with Gasteiger partial charge in [0, 0.05) is 23.6 Å². The third-order valence-corrected chi connectivity index (χ3v) is 5.99. The van der Waals surface area contributed by atoms with Crippen molar-refractivity contribution in [2.75, 3.05) is 13.1 Å². The molecule has 0 atom stereocenters. The van der Waals surface area contributed by atoms with E-state index in [9.17, 15) is 27.6 Å². The molecule has 1 aliphatic heterocycles. The molecule has 0 aliphatic carbocycles. The van der Waals surface area contributed by atoms with Crippen molar-refractivity contribution in [3.63, 3.8) is 0 Å². The first-order valence-electron chi connectivity index (χ1n) is 9.97. The van der Waals surface area contributed by atoms with Crippen molar-refractivity contribution in [1.29, 1.82) is 0 Å². The van der Waals surface area contributed by atoms with Gasteiger partial charge in [0.25, 0.3) is 11.1 Å². The van der Waals surface area contributed by atoms with Gasteiger partial charge in [-0.25, -0.2) is 0 Å². The van der Waals surface area contributed by atoms with Gasteiger partial charge in [0.1, 0.15) is 6.54 Å². The van der Waals surface area contributed by atoms with E-state index in [-0.39, 0.29) is 10.5 Å². The summed E-state index contributed by atoms with van der Waals surface area (Å²) in [5.41, 5.74) is 1.30. The Bertz CT molecular complexity index is 1270. The minimum atomic E-state index is -4.52. The molecule has 6 nitrogen and oxygen atoms in total. The smallest absolute Gasteiger partial charge is 0.361 e. The summed E-state index contributed by atoms with van der Waals surface area (Å²) in [6.07, 6.45) is -0.873. The summed E-state index contributed by atoms with van der Waals surface area (Å²) in [6.45, 7) is -0.143. The minimum absolute atomic E-state index is 0.0362. The molecule has 0 saturated carbocycles. The highest BCUT2D eigenvalue weighted by atomic mass is 32.2. The second-order valence-corrected chi connectivity index (χ2v) is 8.34. The molecule has 2 aromatic carbocycles. The van der Waals surface area contributed by atoms with Crippen LogP contribution in [-0.4, -0.2) is 40.0 Å². The van der Waals surface area contributed by atoms with Crippen molar-refractivity contribution in [2.45, 2.75) is 12.6 Å². The van der Waals surface area contributed by atoms with Gasteiger partial charge in [-0.1, -0.05) is 30.3 Å². The standard InChI is InChI=1S/C23H18F3N3O3S/c24-23(25,26)16-5-3-4-14(10-16)11-19-21(31)29(22(32)33-19)13-20(30)27-9-8-15-12-28-18-7-2-1-6-17(15)18/h1-7,10-12,28H,8-9,13H2,(H,27,30)/b19-11-. The molecular weight excluding hydrogens is 455 g/mol. The van der Waals surface area contributed by atoms with E-state index < -0.39 is 35.3 Å². The Morgan fingerprint density at radius 3 is 2.70 bits per heavy atom. The second-order valence-electron chi connectivity index (χ2n) is 7.35. The molecule has 33 heavy (non-hydrogen) atoms. The highest BCUT2D eigenvalue weighted by Gasteiger charge is 2.36. The number of fused-ring (bicyclic) bond motifs is 1. The van der Waals surface area contributed by atoms with Gasteiger partial charge in [0.15, 0.2) is 0 Å². The van der Waals surface area contributed by atoms with Crippen molar-refractivity contribution >= 4 is 45.8 Å². The van der Waals surface area contributed by atoms with Crippen LogP contribution in [0.15, 0.2) is 59.6 Å². The summed E-state index contributed by atoms with van der Waals surface area (Å²) >= 11 is 0.588. The monoisotopic (exact) mass is 473 g/mol. The molecule has 10 heteroatoms. The third-order valence-electron chi connectivity index (χ3n) is 5.08. The van der Waals surface area contributed by atoms with Crippen LogP contribution in [0.5, 0.6) is 0 Å². The maximum absolute atomic E-state index is 12.9. The highest BCUT2D eigenvalue weighted by Crippen LogP contribution is 2.34. The lowest BCUT2D eigenvalue weighted by Gasteiger charge is -2.12. The first-order chi connectivity index (χ1) is 15.7. The van der Waals surface area contributed by atoms with Crippen molar-refractivity contribution in [3.8, 4) is 0 Å². The van der Waals surface area contributed by atoms with Gasteiger partial charge in [-0.15, -0.1) is 0 Å². The van der Waals surface area contributed by atoms with Crippen LogP contribution < -0.4 is 5.32 Å². The lowest BCUT2D eigenvalue weighted by Crippen LogP contribution is -2.40. The number of carbonyl (C=O) groups is 3. The SMILES string of the molecule is O=C(CN1C(=O)S/C(=C\c2cccc(C(F)(F)F)c2)C1=O)NCCc1c[nH]c2ccccc12. The number of aromatic amines is 1. The number of carbonyl (C=O) groups excluding carboxylic acids is 3. The van der Waals surface area contributed by atoms with Gasteiger partial charge in [0.05, 0.1) is 10.5 Å². The van der Waals surface area contributed by atoms with E-state index in [0.29, 0.717) is 24.7 Å². The molecule has 0 unspecified atom stereocenters. The summed E-state index contributed by atoms with van der Waals surface area (Å²) in [5, 5.41) is 3.09. The van der Waals surface area contributed by atoms with Gasteiger partial charge < -0.3 is 10.3 Å². The summed E-state index contributed by atoms with van der Waals surface area (Å²) < 4.78 is 38.7. The van der Waals surface area contributed by atoms with Crippen molar-refractivity contribution in [2.24, 2.45) is 0 Å². The molecule has 1 fully saturated rings. The number of aromatic nitrogens is 1. The Balaban J connectivity index is 1.36. The Labute approximate surface area is 190 Å². The predicted octanol–water partition coefficient (Wildman–Crippen LogP) is 4.58. The lowest BCUT2D eigenvalue weighted by atomic mass is 10.1. The third kappa shape index (κ3) is 5.11. The van der Waals surface area contributed by atoms with Crippen molar-refractivity contribution in [3.05, 3.63) is 76.3 Å². The summed E-state index contributed by atoms with van der Waals surface area (Å²) in [4.78, 5) is 41.0. The van der Waals surface area contributed by atoms with E-state index >= 15 is 0 Å². The maximum atomic E-state index is 12.9. The number of hydrogen-bond acceptors (Lipinski definition) is 4. The molecule has 170 valence electrons. The van der Waals surface area contributed by atoms with Gasteiger partial charge in [0.2, 0.25) is 5.91 Å². The fraction of sp³-hybridized carbons (Fsp3) is 0.174. The average molecular weight is 473 g/mol. The largest absolute Gasteiger partial charge is 0.416 e. The van der Waals surface area contributed by atoms with E-state index in [4.69, 9.17) is 0 Å². The number of benzene rings is 2. The zero-order valence-corrected chi connectivity index (χ0v) is 17.9. The van der Waals surface area contributed by atoms with Crippen LogP contribution in [0, 0.1) is 0 Å². The van der Waals surface area contributed by atoms with Crippen molar-refractivity contribution < 1.29 is 27.6 Å². The molecule has 1 aromatic heterocycles. The first kappa shape index (κ1) is 22.7. The first-order valence-corrected chi connectivity index (χ1v) is 10.8. The van der Waals surface area contributed by atoms with Crippen LogP contribution in [0.1, 0.15) is 16.7 Å². The van der Waals surface area contributed by atoms with Crippen molar-refractivity contribution in [1.82, 2.24) is 15.2 Å². The fourth-order valence-corrected chi connectivity index (χ4v) is 4.31. The van der Waals surface area contributed by atoms with Gasteiger partial charge in [-0.05, 0) is 53.6 Å². The topological polar surface area (TPSA) is 82.3 Å². The number of thioether (sulfide) groups is 1. The number of alkyl halides is 3. The normalized spacial score (nSPS) is 15.6. The number of nitrogens with one attached hydrogen (secondary N) is 2. The number of nitrogens with zero attached hydrogens (tertiary/aromatic N) is 1. The molecule has 1 saturated heterocycles.